The molecule has 20 heavy (non-hydrogen) atoms. The quantitative estimate of drug-likeness (QED) is 0.687. The predicted molar refractivity (Wildman–Crippen MR) is 92.1 cm³/mol. The van der Waals surface area contributed by atoms with E-state index in [2.05, 4.69) is 37.2 Å². The number of hydrogen-bond donors (Lipinski definition) is 2. The first kappa shape index (κ1) is 15.4. The third-order valence-electron chi connectivity index (χ3n) is 2.88. The van der Waals surface area contributed by atoms with Gasteiger partial charge in [-0.15, -0.1) is 0 Å². The summed E-state index contributed by atoms with van der Waals surface area (Å²) in [4.78, 5) is 0.154. The average molecular weight is 418 g/mol. The minimum Gasteiger partial charge on any atom is -0.389 e. The van der Waals surface area contributed by atoms with Gasteiger partial charge in [-0.1, -0.05) is 34.2 Å². The largest absolute Gasteiger partial charge is 0.389 e. The van der Waals surface area contributed by atoms with Crippen LogP contribution in [-0.2, 0) is 0 Å². The summed E-state index contributed by atoms with van der Waals surface area (Å²) >= 11 is 11.5. The van der Waals surface area contributed by atoms with Gasteiger partial charge in [-0.2, -0.15) is 0 Å². The van der Waals surface area contributed by atoms with Crippen molar-refractivity contribution < 1.29 is 4.39 Å². The monoisotopic (exact) mass is 416 g/mol. The van der Waals surface area contributed by atoms with E-state index in [1.165, 1.54) is 0 Å². The van der Waals surface area contributed by atoms with Crippen molar-refractivity contribution >= 4 is 60.4 Å². The molecule has 0 fully saturated rings. The maximum atomic E-state index is 14.3. The van der Waals surface area contributed by atoms with Crippen LogP contribution in [0.5, 0.6) is 0 Å². The van der Waals surface area contributed by atoms with Gasteiger partial charge in [0.2, 0.25) is 0 Å². The Labute approximate surface area is 138 Å². The van der Waals surface area contributed by atoms with Crippen LogP contribution in [0.4, 0.5) is 15.8 Å². The zero-order valence-corrected chi connectivity index (χ0v) is 14.5. The van der Waals surface area contributed by atoms with Crippen molar-refractivity contribution in [3.8, 4) is 0 Å². The Morgan fingerprint density at radius 1 is 1.20 bits per heavy atom. The van der Waals surface area contributed by atoms with E-state index in [-0.39, 0.29) is 9.46 Å². The van der Waals surface area contributed by atoms with Gasteiger partial charge < -0.3 is 11.1 Å². The summed E-state index contributed by atoms with van der Waals surface area (Å²) in [5.41, 5.74) is 8.21. The zero-order valence-electron chi connectivity index (χ0n) is 10.5. The molecule has 0 aliphatic carbocycles. The summed E-state index contributed by atoms with van der Waals surface area (Å²) in [6.07, 6.45) is 0. The van der Waals surface area contributed by atoms with Crippen molar-refractivity contribution in [1.82, 2.24) is 0 Å². The van der Waals surface area contributed by atoms with Crippen LogP contribution < -0.4 is 11.1 Å². The van der Waals surface area contributed by atoms with Crippen molar-refractivity contribution in [3.63, 3.8) is 0 Å². The number of hydrogen-bond acceptors (Lipinski definition) is 2. The molecule has 0 aliphatic heterocycles. The van der Waals surface area contributed by atoms with Gasteiger partial charge in [0.25, 0.3) is 0 Å². The molecule has 0 spiro atoms. The minimum absolute atomic E-state index is 0.154. The molecule has 2 aromatic rings. The molecule has 0 unspecified atom stereocenters. The minimum atomic E-state index is -0.422. The van der Waals surface area contributed by atoms with Crippen LogP contribution >= 0.6 is 44.1 Å². The molecule has 0 aliphatic rings. The van der Waals surface area contributed by atoms with Crippen molar-refractivity contribution in [2.45, 2.75) is 6.92 Å². The van der Waals surface area contributed by atoms with Crippen LogP contribution in [0, 0.1) is 12.7 Å². The molecule has 0 saturated carbocycles. The molecule has 0 aromatic heterocycles. The van der Waals surface area contributed by atoms with Crippen LogP contribution in [0.3, 0.4) is 0 Å². The standard InChI is InChI=1S/C14H11Br2FN2S/c1-7-9(15)3-2-4-10(7)19-11-6-5-8(14(18)20)12(16)13(11)17/h2-6,19H,1H3,(H2,18,20). The summed E-state index contributed by atoms with van der Waals surface area (Å²) in [6, 6.07) is 9.01. The first-order valence-corrected chi connectivity index (χ1v) is 7.71. The van der Waals surface area contributed by atoms with Crippen molar-refractivity contribution in [1.29, 1.82) is 0 Å². The Morgan fingerprint density at radius 2 is 1.90 bits per heavy atom. The fraction of sp³-hybridized carbons (Fsp3) is 0.0714. The normalized spacial score (nSPS) is 10.4. The molecular formula is C14H11Br2FN2S. The fourth-order valence-corrected chi connectivity index (χ4v) is 2.95. The average Bonchev–Trinajstić information content (AvgIpc) is 2.40. The topological polar surface area (TPSA) is 38.0 Å². The lowest BCUT2D eigenvalue weighted by Crippen LogP contribution is -2.11. The molecular weight excluding hydrogens is 407 g/mol. The lowest BCUT2D eigenvalue weighted by atomic mass is 10.1. The lowest BCUT2D eigenvalue weighted by molar-refractivity contribution is 0.625. The number of nitrogens with one attached hydrogen (secondary N) is 1. The van der Waals surface area contributed by atoms with E-state index in [1.807, 2.05) is 25.1 Å². The molecule has 3 N–H and O–H groups in total. The van der Waals surface area contributed by atoms with Gasteiger partial charge in [0.1, 0.15) is 4.99 Å². The Morgan fingerprint density at radius 3 is 2.55 bits per heavy atom. The Balaban J connectivity index is 2.42. The van der Waals surface area contributed by atoms with E-state index in [0.29, 0.717) is 11.3 Å². The number of thiocarbonyl (C=S) groups is 1. The maximum absolute atomic E-state index is 14.3. The first-order chi connectivity index (χ1) is 9.41. The van der Waals surface area contributed by atoms with Crippen LogP contribution in [0.1, 0.15) is 11.1 Å². The highest BCUT2D eigenvalue weighted by atomic mass is 79.9. The zero-order chi connectivity index (χ0) is 14.9. The summed E-state index contributed by atoms with van der Waals surface area (Å²) in [7, 11) is 0. The Hall–Kier alpha value is -0.980. The molecule has 2 nitrogen and oxygen atoms in total. The van der Waals surface area contributed by atoms with Gasteiger partial charge in [0, 0.05) is 15.7 Å². The summed E-state index contributed by atoms with van der Waals surface area (Å²) < 4.78 is 15.5. The molecule has 2 rings (SSSR count). The van der Waals surface area contributed by atoms with E-state index in [1.54, 1.807) is 12.1 Å². The van der Waals surface area contributed by atoms with E-state index in [9.17, 15) is 4.39 Å². The first-order valence-electron chi connectivity index (χ1n) is 5.71. The summed E-state index contributed by atoms with van der Waals surface area (Å²) in [6.45, 7) is 1.95. The van der Waals surface area contributed by atoms with Gasteiger partial charge in [0.15, 0.2) is 5.82 Å². The highest BCUT2D eigenvalue weighted by molar-refractivity contribution is 9.10. The number of halogens is 3. The molecule has 0 saturated heterocycles. The van der Waals surface area contributed by atoms with E-state index >= 15 is 0 Å². The summed E-state index contributed by atoms with van der Waals surface area (Å²) in [5, 5.41) is 3.07. The van der Waals surface area contributed by atoms with Crippen LogP contribution in [0.15, 0.2) is 39.3 Å². The molecule has 0 bridgehead atoms. The molecule has 2 aromatic carbocycles. The van der Waals surface area contributed by atoms with Gasteiger partial charge in [-0.3, -0.25) is 0 Å². The highest BCUT2D eigenvalue weighted by Gasteiger charge is 2.13. The second-order valence-electron chi connectivity index (χ2n) is 4.19. The van der Waals surface area contributed by atoms with E-state index in [0.717, 1.165) is 15.7 Å². The second kappa shape index (κ2) is 6.20. The third-order valence-corrected chi connectivity index (χ3v) is 4.74. The smallest absolute Gasteiger partial charge is 0.161 e. The molecule has 0 radical (unpaired) electrons. The molecule has 0 atom stereocenters. The Bertz CT molecular complexity index is 689. The van der Waals surface area contributed by atoms with Crippen molar-refractivity contribution in [2.75, 3.05) is 5.32 Å². The lowest BCUT2D eigenvalue weighted by Gasteiger charge is -2.13. The van der Waals surface area contributed by atoms with Gasteiger partial charge in [0.05, 0.1) is 10.2 Å². The number of benzene rings is 2. The second-order valence-corrected chi connectivity index (χ2v) is 6.28. The molecule has 0 amide bonds. The van der Waals surface area contributed by atoms with Gasteiger partial charge in [-0.05, 0) is 52.7 Å². The van der Waals surface area contributed by atoms with Gasteiger partial charge >= 0.3 is 0 Å². The SMILES string of the molecule is Cc1c(Br)cccc1Nc1ccc(C(N)=S)c(Br)c1F. The maximum Gasteiger partial charge on any atom is 0.161 e. The van der Waals surface area contributed by atoms with E-state index in [4.69, 9.17) is 18.0 Å². The molecule has 6 heteroatoms. The molecule has 104 valence electrons. The fourth-order valence-electron chi connectivity index (χ4n) is 1.72. The number of nitrogens with two attached hydrogens (primary N) is 1. The van der Waals surface area contributed by atoms with Gasteiger partial charge in [-0.25, -0.2) is 4.39 Å². The molecule has 0 heterocycles. The third kappa shape index (κ3) is 3.02. The Kier molecular flexibility index (Phi) is 4.78. The van der Waals surface area contributed by atoms with Crippen molar-refractivity contribution in [3.05, 3.63) is 56.2 Å². The number of anilines is 2. The summed E-state index contributed by atoms with van der Waals surface area (Å²) in [5.74, 6) is -0.422. The van der Waals surface area contributed by atoms with Crippen LogP contribution in [0.2, 0.25) is 0 Å². The van der Waals surface area contributed by atoms with Crippen LogP contribution in [-0.4, -0.2) is 4.99 Å². The highest BCUT2D eigenvalue weighted by Crippen LogP contribution is 2.31. The predicted octanol–water partition coefficient (Wildman–Crippen LogP) is 5.04. The van der Waals surface area contributed by atoms with Crippen molar-refractivity contribution in [2.24, 2.45) is 5.73 Å². The van der Waals surface area contributed by atoms with Crippen LogP contribution in [0.25, 0.3) is 0 Å². The van der Waals surface area contributed by atoms with E-state index < -0.39 is 5.82 Å². The number of rotatable bonds is 3.